The van der Waals surface area contributed by atoms with E-state index in [0.29, 0.717) is 0 Å². The number of imidazole rings is 1. The molecule has 6 heteroatoms. The van der Waals surface area contributed by atoms with Gasteiger partial charge < -0.3 is 14.6 Å². The number of carboxylic acid groups (broad SMARTS) is 1. The Morgan fingerprint density at radius 1 is 1.00 bits per heavy atom. The van der Waals surface area contributed by atoms with Gasteiger partial charge in [-0.15, -0.1) is 0 Å². The van der Waals surface area contributed by atoms with Gasteiger partial charge in [0.25, 0.3) is 0 Å². The monoisotopic (exact) mass is 354 g/mol. The zero-order valence-corrected chi connectivity index (χ0v) is 16.0. The van der Waals surface area contributed by atoms with Crippen LogP contribution in [-0.2, 0) is 27.9 Å². The summed E-state index contributed by atoms with van der Waals surface area (Å²) >= 11 is 0. The molecule has 144 valence electrons. The molecule has 0 saturated heterocycles. The van der Waals surface area contributed by atoms with Crippen LogP contribution in [0.25, 0.3) is 0 Å². The highest BCUT2D eigenvalue weighted by atomic mass is 16.5. The summed E-state index contributed by atoms with van der Waals surface area (Å²) in [4.78, 5) is 19.0. The number of carboxylic acids is 1. The summed E-state index contributed by atoms with van der Waals surface area (Å²) in [5.74, 6) is -3.16. The fourth-order valence-electron chi connectivity index (χ4n) is 2.50. The van der Waals surface area contributed by atoms with Crippen LogP contribution in [0.3, 0.4) is 0 Å². The normalized spacial score (nSPS) is 10.0. The minimum absolute atomic E-state index is 0.970. The van der Waals surface area contributed by atoms with Crippen molar-refractivity contribution in [2.24, 2.45) is 7.05 Å². The number of aliphatic carboxylic acids is 1. The average Bonchev–Trinajstić information content (AvgIpc) is 3.01. The number of rotatable bonds is 11. The summed E-state index contributed by atoms with van der Waals surface area (Å²) in [6.07, 6.45) is 20.6. The van der Waals surface area contributed by atoms with E-state index in [2.05, 4.69) is 46.6 Å². The number of esters is 1. The summed E-state index contributed by atoms with van der Waals surface area (Å²) in [5, 5.41) is 9.34. The number of carbonyl (C=O) groups is 2. The summed E-state index contributed by atoms with van der Waals surface area (Å²) in [6, 6.07) is 0. The third-order valence-electron chi connectivity index (χ3n) is 3.95. The van der Waals surface area contributed by atoms with Crippen molar-refractivity contribution in [3.05, 3.63) is 18.7 Å². The topological polar surface area (TPSA) is 75.2 Å². The Kier molecular flexibility index (Phi) is 14.5. The molecule has 0 aliphatic heterocycles. The predicted molar refractivity (Wildman–Crippen MR) is 94.5 cm³/mol. The molecule has 0 aliphatic carbocycles. The van der Waals surface area contributed by atoms with Crippen molar-refractivity contribution in [1.29, 1.82) is 0 Å². The molecule has 0 spiro atoms. The number of hydrogen-bond acceptors (Lipinski definition) is 4. The number of nitrogens with zero attached hydrogens (tertiary/aromatic N) is 2. The number of aryl methyl sites for hydroxylation is 2. The second kappa shape index (κ2) is 15.7. The van der Waals surface area contributed by atoms with Gasteiger partial charge in [-0.25, -0.2) is 13.9 Å². The van der Waals surface area contributed by atoms with E-state index in [9.17, 15) is 14.7 Å². The highest BCUT2D eigenvalue weighted by Crippen LogP contribution is 2.10. The third kappa shape index (κ3) is 14.2. The second-order valence-electron chi connectivity index (χ2n) is 6.28. The van der Waals surface area contributed by atoms with Crippen LogP contribution in [0, 0.1) is 0 Å². The molecule has 0 aromatic carbocycles. The van der Waals surface area contributed by atoms with Crippen LogP contribution >= 0.6 is 0 Å². The van der Waals surface area contributed by atoms with Gasteiger partial charge in [-0.05, 0) is 12.8 Å². The van der Waals surface area contributed by atoms with E-state index in [4.69, 9.17) is 0 Å². The first-order valence-electron chi connectivity index (χ1n) is 9.31. The van der Waals surface area contributed by atoms with Crippen LogP contribution in [-0.4, -0.2) is 23.6 Å². The Morgan fingerprint density at radius 2 is 1.52 bits per heavy atom. The first-order valence-corrected chi connectivity index (χ1v) is 9.31. The lowest BCUT2D eigenvalue weighted by molar-refractivity contribution is -0.671. The molecule has 0 amide bonds. The van der Waals surface area contributed by atoms with Gasteiger partial charge >= 0.3 is 5.97 Å². The lowest BCUT2D eigenvalue weighted by atomic mass is 10.1. The van der Waals surface area contributed by atoms with E-state index in [1.807, 2.05) is 0 Å². The highest BCUT2D eigenvalue weighted by molar-refractivity contribution is 6.27. The van der Waals surface area contributed by atoms with Gasteiger partial charge in [0.1, 0.15) is 12.4 Å². The van der Waals surface area contributed by atoms with E-state index < -0.39 is 11.9 Å². The standard InChI is InChI=1S/C16H31N2.C3H4O4/c1-3-4-5-6-7-8-9-10-11-12-13-18-15-14-17(2)16-18;1-7-3(6)2(4)5/h14-16H,3-13H2,1-2H3;1H3,(H,4,5)/q+1;/p-1. The molecule has 0 radical (unpaired) electrons. The number of ether oxygens (including phenoxy) is 1. The molecule has 1 aromatic heterocycles. The fourth-order valence-corrected chi connectivity index (χ4v) is 2.50. The molecule has 0 unspecified atom stereocenters. The predicted octanol–water partition coefficient (Wildman–Crippen LogP) is 2.14. The molecule has 25 heavy (non-hydrogen) atoms. The molecule has 1 heterocycles. The molecule has 6 nitrogen and oxygen atoms in total. The molecule has 0 fully saturated rings. The highest BCUT2D eigenvalue weighted by Gasteiger charge is 1.99. The average molecular weight is 354 g/mol. The Bertz CT molecular complexity index is 472. The Morgan fingerprint density at radius 3 is 1.88 bits per heavy atom. The van der Waals surface area contributed by atoms with Crippen molar-refractivity contribution in [2.45, 2.75) is 77.7 Å². The van der Waals surface area contributed by atoms with Crippen molar-refractivity contribution >= 4 is 11.9 Å². The minimum atomic E-state index is -1.82. The molecule has 1 rings (SSSR count). The minimum Gasteiger partial charge on any atom is -0.539 e. The van der Waals surface area contributed by atoms with Crippen LogP contribution in [0.5, 0.6) is 0 Å². The quantitative estimate of drug-likeness (QED) is 0.264. The fraction of sp³-hybridized carbons (Fsp3) is 0.737. The van der Waals surface area contributed by atoms with Crippen LogP contribution in [0.2, 0.25) is 0 Å². The number of unbranched alkanes of at least 4 members (excludes halogenated alkanes) is 9. The Balaban J connectivity index is 0.000000697. The van der Waals surface area contributed by atoms with Gasteiger partial charge in [-0.2, -0.15) is 0 Å². The summed E-state index contributed by atoms with van der Waals surface area (Å²) in [6.45, 7) is 3.46. The van der Waals surface area contributed by atoms with Gasteiger partial charge in [0.2, 0.25) is 6.33 Å². The molecule has 0 bridgehead atoms. The lowest BCUT2D eigenvalue weighted by Gasteiger charge is -2.01. The number of aromatic nitrogens is 2. The molecule has 0 aliphatic rings. The summed E-state index contributed by atoms with van der Waals surface area (Å²) < 4.78 is 8.10. The number of hydrogen-bond donors (Lipinski definition) is 0. The number of carbonyl (C=O) groups excluding carboxylic acids is 2. The maximum atomic E-state index is 9.63. The number of methoxy groups -OCH3 is 1. The Labute approximate surface area is 151 Å². The second-order valence-corrected chi connectivity index (χ2v) is 6.28. The maximum absolute atomic E-state index is 9.63. The Hall–Kier alpha value is -1.85. The van der Waals surface area contributed by atoms with E-state index in [0.717, 1.165) is 7.11 Å². The van der Waals surface area contributed by atoms with Crippen molar-refractivity contribution in [3.63, 3.8) is 0 Å². The molecule has 1 aromatic rings. The lowest BCUT2D eigenvalue weighted by Crippen LogP contribution is -2.32. The molecule has 0 N–H and O–H groups in total. The van der Waals surface area contributed by atoms with Crippen molar-refractivity contribution < 1.29 is 24.0 Å². The third-order valence-corrected chi connectivity index (χ3v) is 3.95. The summed E-state index contributed by atoms with van der Waals surface area (Å²) in [7, 11) is 3.05. The van der Waals surface area contributed by atoms with Crippen molar-refractivity contribution in [1.82, 2.24) is 4.57 Å². The smallest absolute Gasteiger partial charge is 0.353 e. The molecule has 0 saturated carbocycles. The van der Waals surface area contributed by atoms with Crippen LogP contribution in [0.1, 0.15) is 71.1 Å². The van der Waals surface area contributed by atoms with Crippen molar-refractivity contribution in [2.75, 3.05) is 7.11 Å². The van der Waals surface area contributed by atoms with Gasteiger partial charge in [-0.1, -0.05) is 58.3 Å². The SMILES string of the molecule is CCCCCCCCCCCCn1cc[n+](C)c1.COC(=O)C(=O)[O-]. The maximum Gasteiger partial charge on any atom is 0.353 e. The zero-order valence-electron chi connectivity index (χ0n) is 16.0. The summed E-state index contributed by atoms with van der Waals surface area (Å²) in [5.41, 5.74) is 0. The van der Waals surface area contributed by atoms with E-state index >= 15 is 0 Å². The van der Waals surface area contributed by atoms with E-state index in [1.54, 1.807) is 0 Å². The van der Waals surface area contributed by atoms with Crippen LogP contribution in [0.15, 0.2) is 18.7 Å². The van der Waals surface area contributed by atoms with Gasteiger partial charge in [0, 0.05) is 0 Å². The molecular formula is C19H34N2O4. The van der Waals surface area contributed by atoms with Gasteiger partial charge in [-0.3, -0.25) is 0 Å². The largest absolute Gasteiger partial charge is 0.539 e. The molecule has 0 atom stereocenters. The molecular weight excluding hydrogens is 320 g/mol. The van der Waals surface area contributed by atoms with Crippen LogP contribution < -0.4 is 9.67 Å². The van der Waals surface area contributed by atoms with E-state index in [-0.39, 0.29) is 0 Å². The van der Waals surface area contributed by atoms with Gasteiger partial charge in [0.05, 0.1) is 20.7 Å². The van der Waals surface area contributed by atoms with Gasteiger partial charge in [0.15, 0.2) is 5.97 Å². The first-order chi connectivity index (χ1) is 12.0. The van der Waals surface area contributed by atoms with Crippen molar-refractivity contribution in [3.8, 4) is 0 Å². The van der Waals surface area contributed by atoms with Crippen LogP contribution in [0.4, 0.5) is 0 Å². The van der Waals surface area contributed by atoms with E-state index in [1.165, 1.54) is 70.8 Å². The first kappa shape index (κ1) is 23.1. The zero-order chi connectivity index (χ0) is 18.9.